The molecule has 4 heteroatoms. The molecule has 0 radical (unpaired) electrons. The molecule has 0 atom stereocenters. The Morgan fingerprint density at radius 3 is 2.36 bits per heavy atom. The largest absolute Gasteiger partial charge is 0.330 e. The van der Waals surface area contributed by atoms with Gasteiger partial charge in [-0.25, -0.2) is 13.2 Å². The van der Waals surface area contributed by atoms with Crippen molar-refractivity contribution >= 4 is 6.08 Å². The van der Waals surface area contributed by atoms with E-state index in [2.05, 4.69) is 0 Å². The lowest BCUT2D eigenvalue weighted by atomic mass is 10.1. The van der Waals surface area contributed by atoms with Gasteiger partial charge < -0.3 is 5.73 Å². The molecule has 0 heterocycles. The normalized spacial score (nSPS) is 11.1. The third kappa shape index (κ3) is 2.60. The van der Waals surface area contributed by atoms with E-state index in [0.717, 1.165) is 6.07 Å². The Hall–Kier alpha value is -1.29. The molecular weight excluding hydrogens is 191 g/mol. The summed E-state index contributed by atoms with van der Waals surface area (Å²) in [5.74, 6) is -3.02. The second-order valence-corrected chi connectivity index (χ2v) is 2.77. The molecule has 1 nitrogen and oxygen atoms in total. The maximum atomic E-state index is 13.0. The highest BCUT2D eigenvalue weighted by Crippen LogP contribution is 2.14. The predicted molar refractivity (Wildman–Crippen MR) is 49.0 cm³/mol. The summed E-state index contributed by atoms with van der Waals surface area (Å²) in [5.41, 5.74) is 5.23. The molecule has 0 amide bonds. The average Bonchev–Trinajstić information content (AvgIpc) is 2.14. The molecule has 76 valence electrons. The van der Waals surface area contributed by atoms with Crippen LogP contribution in [0.3, 0.4) is 0 Å². The van der Waals surface area contributed by atoms with Crippen molar-refractivity contribution < 1.29 is 13.2 Å². The van der Waals surface area contributed by atoms with Gasteiger partial charge >= 0.3 is 0 Å². The molecule has 0 spiro atoms. The predicted octanol–water partition coefficient (Wildman–Crippen LogP) is 2.47. The van der Waals surface area contributed by atoms with Gasteiger partial charge in [-0.05, 0) is 19.0 Å². The summed E-state index contributed by atoms with van der Waals surface area (Å²) in [7, 11) is 0. The number of hydrogen-bond donors (Lipinski definition) is 1. The SMILES string of the molecule is NCCC=Cc1cc(F)c(F)cc1F. The summed E-state index contributed by atoms with van der Waals surface area (Å²) in [4.78, 5) is 0. The van der Waals surface area contributed by atoms with Crippen LogP contribution >= 0.6 is 0 Å². The Balaban J connectivity index is 2.92. The molecule has 0 aliphatic rings. The van der Waals surface area contributed by atoms with Crippen molar-refractivity contribution in [3.05, 3.63) is 41.2 Å². The quantitative estimate of drug-likeness (QED) is 0.747. The lowest BCUT2D eigenvalue weighted by Crippen LogP contribution is -1.95. The van der Waals surface area contributed by atoms with Gasteiger partial charge in [0.2, 0.25) is 0 Å². The standard InChI is InChI=1S/C10H10F3N/c11-8-6-10(13)9(12)5-7(8)3-1-2-4-14/h1,3,5-6H,2,4,14H2. The minimum atomic E-state index is -1.18. The van der Waals surface area contributed by atoms with E-state index in [-0.39, 0.29) is 5.56 Å². The second kappa shape index (κ2) is 4.81. The Morgan fingerprint density at radius 2 is 1.71 bits per heavy atom. The molecule has 0 saturated carbocycles. The van der Waals surface area contributed by atoms with E-state index in [1.165, 1.54) is 6.08 Å². The van der Waals surface area contributed by atoms with Gasteiger partial charge in [0.1, 0.15) is 5.82 Å². The first-order valence-corrected chi connectivity index (χ1v) is 4.16. The highest BCUT2D eigenvalue weighted by Gasteiger charge is 2.06. The molecule has 0 saturated heterocycles. The van der Waals surface area contributed by atoms with Crippen molar-refractivity contribution in [2.45, 2.75) is 6.42 Å². The van der Waals surface area contributed by atoms with Crippen molar-refractivity contribution in [1.82, 2.24) is 0 Å². The molecule has 1 rings (SSSR count). The maximum Gasteiger partial charge on any atom is 0.161 e. The van der Waals surface area contributed by atoms with Gasteiger partial charge in [-0.3, -0.25) is 0 Å². The smallest absolute Gasteiger partial charge is 0.161 e. The van der Waals surface area contributed by atoms with Crippen LogP contribution in [0.4, 0.5) is 13.2 Å². The minimum Gasteiger partial charge on any atom is -0.330 e. The molecule has 0 aromatic heterocycles. The van der Waals surface area contributed by atoms with Crippen molar-refractivity contribution in [2.24, 2.45) is 5.73 Å². The van der Waals surface area contributed by atoms with Gasteiger partial charge in [-0.2, -0.15) is 0 Å². The van der Waals surface area contributed by atoms with Gasteiger partial charge in [0.05, 0.1) is 0 Å². The summed E-state index contributed by atoms with van der Waals surface area (Å²) in [6.07, 6.45) is 3.55. The zero-order valence-electron chi connectivity index (χ0n) is 7.43. The lowest BCUT2D eigenvalue weighted by molar-refractivity contribution is 0.494. The van der Waals surface area contributed by atoms with E-state index < -0.39 is 17.5 Å². The fourth-order valence-electron chi connectivity index (χ4n) is 0.972. The number of rotatable bonds is 3. The molecule has 0 aliphatic carbocycles. The van der Waals surface area contributed by atoms with E-state index >= 15 is 0 Å². The summed E-state index contributed by atoms with van der Waals surface area (Å²) in [6.45, 7) is 0.432. The van der Waals surface area contributed by atoms with E-state index in [4.69, 9.17) is 5.73 Å². The Labute approximate surface area is 80.0 Å². The maximum absolute atomic E-state index is 13.0. The second-order valence-electron chi connectivity index (χ2n) is 2.77. The number of halogens is 3. The number of nitrogens with two attached hydrogens (primary N) is 1. The zero-order valence-corrected chi connectivity index (χ0v) is 7.43. The van der Waals surface area contributed by atoms with E-state index in [1.54, 1.807) is 6.08 Å². The van der Waals surface area contributed by atoms with E-state index in [0.29, 0.717) is 19.0 Å². The number of benzene rings is 1. The van der Waals surface area contributed by atoms with Gasteiger partial charge in [0, 0.05) is 11.6 Å². The summed E-state index contributed by atoms with van der Waals surface area (Å²) in [6, 6.07) is 1.34. The lowest BCUT2D eigenvalue weighted by Gasteiger charge is -1.98. The molecular formula is C10H10F3N. The Morgan fingerprint density at radius 1 is 1.07 bits per heavy atom. The molecule has 0 fully saturated rings. The van der Waals surface area contributed by atoms with Crippen LogP contribution in [-0.4, -0.2) is 6.54 Å². The minimum absolute atomic E-state index is 0.0253. The summed E-state index contributed by atoms with van der Waals surface area (Å²) < 4.78 is 38.1. The van der Waals surface area contributed by atoms with Crippen LogP contribution in [0.15, 0.2) is 18.2 Å². The van der Waals surface area contributed by atoms with Crippen molar-refractivity contribution in [1.29, 1.82) is 0 Å². The molecule has 2 N–H and O–H groups in total. The number of hydrogen-bond acceptors (Lipinski definition) is 1. The van der Waals surface area contributed by atoms with E-state index in [9.17, 15) is 13.2 Å². The van der Waals surface area contributed by atoms with Crippen LogP contribution in [-0.2, 0) is 0 Å². The highest BCUT2D eigenvalue weighted by atomic mass is 19.2. The zero-order chi connectivity index (χ0) is 10.6. The Bertz CT molecular complexity index is 347. The first-order chi connectivity index (χ1) is 6.65. The van der Waals surface area contributed by atoms with Gasteiger partial charge in [-0.15, -0.1) is 0 Å². The summed E-state index contributed by atoms with van der Waals surface area (Å²) in [5, 5.41) is 0. The molecule has 0 aliphatic heterocycles. The fraction of sp³-hybridized carbons (Fsp3) is 0.200. The van der Waals surface area contributed by atoms with Crippen LogP contribution < -0.4 is 5.73 Å². The van der Waals surface area contributed by atoms with Crippen molar-refractivity contribution in [3.63, 3.8) is 0 Å². The summed E-state index contributed by atoms with van der Waals surface area (Å²) >= 11 is 0. The molecule has 1 aromatic rings. The Kier molecular flexibility index (Phi) is 3.71. The van der Waals surface area contributed by atoms with Crippen LogP contribution in [0.1, 0.15) is 12.0 Å². The van der Waals surface area contributed by atoms with Crippen molar-refractivity contribution in [2.75, 3.05) is 6.54 Å². The first-order valence-electron chi connectivity index (χ1n) is 4.16. The third-order valence-corrected chi connectivity index (χ3v) is 1.67. The molecule has 1 aromatic carbocycles. The fourth-order valence-corrected chi connectivity index (χ4v) is 0.972. The molecule has 0 unspecified atom stereocenters. The van der Waals surface area contributed by atoms with Crippen LogP contribution in [0.25, 0.3) is 6.08 Å². The van der Waals surface area contributed by atoms with Crippen LogP contribution in [0.5, 0.6) is 0 Å². The van der Waals surface area contributed by atoms with Gasteiger partial charge in [-0.1, -0.05) is 12.2 Å². The average molecular weight is 201 g/mol. The molecule has 0 bridgehead atoms. The van der Waals surface area contributed by atoms with Crippen LogP contribution in [0, 0.1) is 17.5 Å². The van der Waals surface area contributed by atoms with E-state index in [1.807, 2.05) is 0 Å². The van der Waals surface area contributed by atoms with Crippen LogP contribution in [0.2, 0.25) is 0 Å². The monoisotopic (exact) mass is 201 g/mol. The first kappa shape index (κ1) is 10.8. The topological polar surface area (TPSA) is 26.0 Å². The third-order valence-electron chi connectivity index (χ3n) is 1.67. The van der Waals surface area contributed by atoms with Crippen molar-refractivity contribution in [3.8, 4) is 0 Å². The highest BCUT2D eigenvalue weighted by molar-refractivity contribution is 5.50. The van der Waals surface area contributed by atoms with Gasteiger partial charge in [0.15, 0.2) is 11.6 Å². The molecule has 14 heavy (non-hydrogen) atoms. The van der Waals surface area contributed by atoms with Gasteiger partial charge in [0.25, 0.3) is 0 Å².